The van der Waals surface area contributed by atoms with E-state index in [1.54, 1.807) is 24.3 Å². The summed E-state index contributed by atoms with van der Waals surface area (Å²) in [5.74, 6) is -0.775. The van der Waals surface area contributed by atoms with E-state index in [0.717, 1.165) is 23.4 Å². The maximum atomic E-state index is 12.7. The van der Waals surface area contributed by atoms with Gasteiger partial charge >= 0.3 is 0 Å². The van der Waals surface area contributed by atoms with Gasteiger partial charge in [0, 0.05) is 13.6 Å². The molecule has 0 saturated carbocycles. The van der Waals surface area contributed by atoms with Crippen LogP contribution in [0.3, 0.4) is 0 Å². The van der Waals surface area contributed by atoms with Crippen molar-refractivity contribution in [2.24, 2.45) is 0 Å². The van der Waals surface area contributed by atoms with Crippen molar-refractivity contribution in [3.8, 4) is 0 Å². The van der Waals surface area contributed by atoms with Crippen LogP contribution >= 0.6 is 11.6 Å². The number of halogens is 1. The molecule has 0 aliphatic rings. The summed E-state index contributed by atoms with van der Waals surface area (Å²) in [7, 11) is -2.05. The molecule has 0 unspecified atom stereocenters. The Balaban J connectivity index is 2.22. The third-order valence-corrected chi connectivity index (χ3v) is 5.81. The van der Waals surface area contributed by atoms with Crippen LogP contribution in [0.15, 0.2) is 42.5 Å². The predicted molar refractivity (Wildman–Crippen MR) is 116 cm³/mol. The molecule has 2 N–H and O–H groups in total. The number of benzene rings is 2. The molecule has 0 aliphatic carbocycles. The van der Waals surface area contributed by atoms with E-state index in [2.05, 4.69) is 10.6 Å². The van der Waals surface area contributed by atoms with Gasteiger partial charge in [0.15, 0.2) is 0 Å². The minimum Gasteiger partial charge on any atom is -0.352 e. The van der Waals surface area contributed by atoms with Crippen LogP contribution in [0.25, 0.3) is 0 Å². The molecule has 0 atom stereocenters. The van der Waals surface area contributed by atoms with Crippen molar-refractivity contribution in [2.45, 2.75) is 19.8 Å². The van der Waals surface area contributed by atoms with Crippen molar-refractivity contribution >= 4 is 44.8 Å². The molecule has 9 heteroatoms. The van der Waals surface area contributed by atoms with Crippen LogP contribution in [-0.2, 0) is 10.0 Å². The number of carbonyl (C=O) groups excluding carboxylic acids is 2. The Labute approximate surface area is 176 Å². The summed E-state index contributed by atoms with van der Waals surface area (Å²) in [4.78, 5) is 25.1. The van der Waals surface area contributed by atoms with E-state index in [1.165, 1.54) is 25.2 Å². The largest absolute Gasteiger partial charge is 0.352 e. The Bertz CT molecular complexity index is 1010. The van der Waals surface area contributed by atoms with E-state index in [0.29, 0.717) is 23.5 Å². The highest BCUT2D eigenvalue weighted by Crippen LogP contribution is 2.26. The van der Waals surface area contributed by atoms with E-state index in [4.69, 9.17) is 11.6 Å². The first-order valence-electron chi connectivity index (χ1n) is 9.07. The summed E-state index contributed by atoms with van der Waals surface area (Å²) in [5, 5.41) is 5.62. The molecule has 2 aromatic carbocycles. The Kier molecular flexibility index (Phi) is 7.64. The second kappa shape index (κ2) is 9.76. The van der Waals surface area contributed by atoms with Crippen LogP contribution < -0.4 is 14.9 Å². The highest BCUT2D eigenvalue weighted by atomic mass is 35.5. The number of nitrogens with one attached hydrogen (secondary N) is 2. The molecular formula is C20H24ClN3O4S. The fourth-order valence-corrected chi connectivity index (χ4v) is 3.29. The van der Waals surface area contributed by atoms with E-state index >= 15 is 0 Å². The smallest absolute Gasteiger partial charge is 0.257 e. The Morgan fingerprint density at radius 1 is 1.07 bits per heavy atom. The zero-order valence-corrected chi connectivity index (χ0v) is 18.1. The van der Waals surface area contributed by atoms with Crippen LogP contribution in [0.4, 0.5) is 11.4 Å². The number of carbonyl (C=O) groups is 2. The normalized spacial score (nSPS) is 11.0. The van der Waals surface area contributed by atoms with E-state index in [9.17, 15) is 18.0 Å². The first-order valence-corrected chi connectivity index (χ1v) is 11.3. The van der Waals surface area contributed by atoms with Gasteiger partial charge in [-0.25, -0.2) is 8.42 Å². The minimum atomic E-state index is -3.45. The van der Waals surface area contributed by atoms with Gasteiger partial charge in [-0.2, -0.15) is 0 Å². The monoisotopic (exact) mass is 437 g/mol. The van der Waals surface area contributed by atoms with Crippen molar-refractivity contribution in [2.75, 3.05) is 29.5 Å². The number of unbranched alkanes of at least 4 members (excludes halogenated alkanes) is 1. The van der Waals surface area contributed by atoms with Crippen molar-refractivity contribution in [3.05, 3.63) is 58.6 Å². The number of nitrogens with zero attached hydrogens (tertiary/aromatic N) is 1. The summed E-state index contributed by atoms with van der Waals surface area (Å²) in [6, 6.07) is 11.0. The van der Waals surface area contributed by atoms with Crippen molar-refractivity contribution in [3.63, 3.8) is 0 Å². The molecule has 0 spiro atoms. The molecule has 156 valence electrons. The molecular weight excluding hydrogens is 414 g/mol. The molecule has 0 aliphatic heterocycles. The van der Waals surface area contributed by atoms with E-state index in [-0.39, 0.29) is 16.5 Å². The van der Waals surface area contributed by atoms with Gasteiger partial charge in [0.05, 0.1) is 33.8 Å². The lowest BCUT2D eigenvalue weighted by Gasteiger charge is -2.18. The van der Waals surface area contributed by atoms with E-state index in [1.807, 2.05) is 6.92 Å². The van der Waals surface area contributed by atoms with Gasteiger partial charge in [0.1, 0.15) is 0 Å². The number of hydrogen-bond donors (Lipinski definition) is 2. The molecule has 2 rings (SSSR count). The number of rotatable bonds is 8. The molecule has 0 fully saturated rings. The maximum absolute atomic E-state index is 12.7. The molecule has 0 saturated heterocycles. The summed E-state index contributed by atoms with van der Waals surface area (Å²) in [6.07, 6.45) is 2.90. The Hall–Kier alpha value is -2.58. The molecule has 7 nitrogen and oxygen atoms in total. The van der Waals surface area contributed by atoms with Gasteiger partial charge in [-0.05, 0) is 36.8 Å². The average molecular weight is 438 g/mol. The topological polar surface area (TPSA) is 95.6 Å². The number of hydrogen-bond acceptors (Lipinski definition) is 4. The lowest BCUT2D eigenvalue weighted by molar-refractivity contribution is 0.0954. The first kappa shape index (κ1) is 22.7. The standard InChI is InChI=1S/C20H24ClN3O4S/c1-4-5-12-22-19(25)16-8-6-7-9-18(16)23-20(26)15-11-10-14(13-17(15)21)24(2)29(3,27)28/h6-11,13H,4-5,12H2,1-3H3,(H,22,25)(H,23,26). The second-order valence-electron chi connectivity index (χ2n) is 6.50. The van der Waals surface area contributed by atoms with Crippen molar-refractivity contribution in [1.82, 2.24) is 5.32 Å². The number of anilines is 2. The van der Waals surface area contributed by atoms with Gasteiger partial charge < -0.3 is 10.6 Å². The third kappa shape index (κ3) is 5.95. The predicted octanol–water partition coefficient (Wildman–Crippen LogP) is 3.52. The molecule has 0 heterocycles. The SMILES string of the molecule is CCCCNC(=O)c1ccccc1NC(=O)c1ccc(N(C)S(C)(=O)=O)cc1Cl. The van der Waals surface area contributed by atoms with Gasteiger partial charge in [-0.3, -0.25) is 13.9 Å². The second-order valence-corrected chi connectivity index (χ2v) is 8.92. The summed E-state index contributed by atoms with van der Waals surface area (Å²) in [5.41, 5.74) is 1.21. The molecule has 0 radical (unpaired) electrons. The van der Waals surface area contributed by atoms with Gasteiger partial charge in [0.2, 0.25) is 10.0 Å². The summed E-state index contributed by atoms with van der Waals surface area (Å²) >= 11 is 6.21. The lowest BCUT2D eigenvalue weighted by Crippen LogP contribution is -2.26. The van der Waals surface area contributed by atoms with Gasteiger partial charge in [0.25, 0.3) is 11.8 Å². The Morgan fingerprint density at radius 2 is 1.76 bits per heavy atom. The van der Waals surface area contributed by atoms with E-state index < -0.39 is 15.9 Å². The quantitative estimate of drug-likeness (QED) is 0.617. The first-order chi connectivity index (χ1) is 13.6. The maximum Gasteiger partial charge on any atom is 0.257 e. The van der Waals surface area contributed by atoms with Crippen LogP contribution in [0.1, 0.15) is 40.5 Å². The average Bonchev–Trinajstić information content (AvgIpc) is 2.67. The zero-order chi connectivity index (χ0) is 21.6. The highest BCUT2D eigenvalue weighted by molar-refractivity contribution is 7.92. The molecule has 0 bridgehead atoms. The number of amides is 2. The summed E-state index contributed by atoms with van der Waals surface area (Å²) < 4.78 is 24.4. The van der Waals surface area contributed by atoms with Crippen LogP contribution in [-0.4, -0.2) is 40.1 Å². The van der Waals surface area contributed by atoms with Crippen LogP contribution in [0.2, 0.25) is 5.02 Å². The van der Waals surface area contributed by atoms with Gasteiger partial charge in [-0.15, -0.1) is 0 Å². The molecule has 2 aromatic rings. The minimum absolute atomic E-state index is 0.0976. The van der Waals surface area contributed by atoms with Gasteiger partial charge in [-0.1, -0.05) is 37.1 Å². The third-order valence-electron chi connectivity index (χ3n) is 4.29. The zero-order valence-electron chi connectivity index (χ0n) is 16.5. The fourth-order valence-electron chi connectivity index (χ4n) is 2.53. The fraction of sp³-hybridized carbons (Fsp3) is 0.300. The molecule has 2 amide bonds. The molecule has 29 heavy (non-hydrogen) atoms. The van der Waals surface area contributed by atoms with Crippen molar-refractivity contribution in [1.29, 1.82) is 0 Å². The van der Waals surface area contributed by atoms with Crippen LogP contribution in [0, 0.1) is 0 Å². The highest BCUT2D eigenvalue weighted by Gasteiger charge is 2.18. The number of sulfonamides is 1. The molecule has 0 aromatic heterocycles. The number of para-hydroxylation sites is 1. The summed E-state index contributed by atoms with van der Waals surface area (Å²) in [6.45, 7) is 2.59. The lowest BCUT2D eigenvalue weighted by atomic mass is 10.1. The van der Waals surface area contributed by atoms with Crippen molar-refractivity contribution < 1.29 is 18.0 Å². The van der Waals surface area contributed by atoms with Crippen LogP contribution in [0.5, 0.6) is 0 Å². The Morgan fingerprint density at radius 3 is 2.38 bits per heavy atom.